The maximum atomic E-state index is 11.8. The van der Waals surface area contributed by atoms with Crippen molar-refractivity contribution in [3.63, 3.8) is 0 Å². The summed E-state index contributed by atoms with van der Waals surface area (Å²) in [5, 5.41) is 9.37. The number of ketones is 1. The van der Waals surface area contributed by atoms with Gasteiger partial charge in [0.1, 0.15) is 11.5 Å². The lowest BCUT2D eigenvalue weighted by molar-refractivity contribution is -0.113. The van der Waals surface area contributed by atoms with E-state index in [4.69, 9.17) is 4.74 Å². The van der Waals surface area contributed by atoms with E-state index in [-0.39, 0.29) is 17.1 Å². The van der Waals surface area contributed by atoms with Gasteiger partial charge < -0.3 is 9.84 Å². The number of carbonyl (C=O) groups excluding carboxylic acids is 2. The molecule has 0 bridgehead atoms. The molecule has 1 rings (SSSR count). The van der Waals surface area contributed by atoms with Crippen molar-refractivity contribution < 1.29 is 19.4 Å². The van der Waals surface area contributed by atoms with E-state index in [0.29, 0.717) is 5.56 Å². The first-order valence-corrected chi connectivity index (χ1v) is 6.20. The van der Waals surface area contributed by atoms with E-state index in [1.807, 2.05) is 0 Å². The summed E-state index contributed by atoms with van der Waals surface area (Å²) >= 11 is 3.25. The number of benzene rings is 1. The van der Waals surface area contributed by atoms with Gasteiger partial charge in [0.25, 0.3) is 0 Å². The van der Waals surface area contributed by atoms with E-state index in [1.54, 1.807) is 24.3 Å². The fourth-order valence-electron chi connectivity index (χ4n) is 1.46. The van der Waals surface area contributed by atoms with E-state index in [0.717, 1.165) is 4.47 Å². The topological polar surface area (TPSA) is 63.6 Å². The molecule has 0 heterocycles. The van der Waals surface area contributed by atoms with Crippen molar-refractivity contribution in [1.29, 1.82) is 0 Å². The Morgan fingerprint density at radius 3 is 2.16 bits per heavy atom. The van der Waals surface area contributed by atoms with Crippen molar-refractivity contribution in [1.82, 2.24) is 0 Å². The van der Waals surface area contributed by atoms with Crippen molar-refractivity contribution in [3.05, 3.63) is 58.0 Å². The highest BCUT2D eigenvalue weighted by molar-refractivity contribution is 9.10. The lowest BCUT2D eigenvalue weighted by atomic mass is 10.1. The third-order valence-electron chi connectivity index (χ3n) is 2.29. The molecule has 1 aromatic rings. The van der Waals surface area contributed by atoms with Gasteiger partial charge >= 0.3 is 5.97 Å². The molecular weight excluding hydrogens is 312 g/mol. The lowest BCUT2D eigenvalue weighted by Crippen LogP contribution is -2.11. The van der Waals surface area contributed by atoms with E-state index in [9.17, 15) is 14.7 Å². The summed E-state index contributed by atoms with van der Waals surface area (Å²) in [5.41, 5.74) is 0.230. The molecule has 0 unspecified atom stereocenters. The summed E-state index contributed by atoms with van der Waals surface area (Å²) in [6.45, 7) is 6.08. The number of carbonyl (C=O) groups is 2. The molecule has 0 saturated heterocycles. The van der Waals surface area contributed by atoms with Crippen LogP contribution >= 0.6 is 15.9 Å². The fourth-order valence-corrected chi connectivity index (χ4v) is 1.73. The van der Waals surface area contributed by atoms with Gasteiger partial charge in [-0.3, -0.25) is 4.79 Å². The molecule has 0 aromatic heterocycles. The number of hydrogen-bond donors (Lipinski definition) is 1. The molecule has 5 heteroatoms. The molecule has 0 amide bonds. The first-order chi connectivity index (χ1) is 8.82. The number of halogens is 1. The SMILES string of the molecule is C=C(OC(=O)c1ccc(Br)cc1)/C(C(C)=O)=C(\C)O. The number of hydrogen-bond acceptors (Lipinski definition) is 4. The number of aliphatic hydroxyl groups is 1. The zero-order valence-corrected chi connectivity index (χ0v) is 12.2. The molecule has 0 atom stereocenters. The van der Waals surface area contributed by atoms with Crippen molar-refractivity contribution in [3.8, 4) is 0 Å². The van der Waals surface area contributed by atoms with Crippen molar-refractivity contribution in [2.45, 2.75) is 13.8 Å². The van der Waals surface area contributed by atoms with Crippen molar-refractivity contribution >= 4 is 27.7 Å². The zero-order valence-electron chi connectivity index (χ0n) is 10.6. The molecule has 1 aromatic carbocycles. The summed E-state index contributed by atoms with van der Waals surface area (Å²) in [6, 6.07) is 6.53. The number of ether oxygens (including phenoxy) is 1. The average molecular weight is 325 g/mol. The van der Waals surface area contributed by atoms with Crippen LogP contribution in [0.15, 0.2) is 52.4 Å². The van der Waals surface area contributed by atoms with E-state index in [2.05, 4.69) is 22.5 Å². The van der Waals surface area contributed by atoms with Crippen LogP contribution in [0.4, 0.5) is 0 Å². The molecule has 0 radical (unpaired) electrons. The average Bonchev–Trinajstić information content (AvgIpc) is 2.28. The largest absolute Gasteiger partial charge is 0.512 e. The minimum absolute atomic E-state index is 0.0922. The lowest BCUT2D eigenvalue weighted by Gasteiger charge is -2.09. The summed E-state index contributed by atoms with van der Waals surface area (Å²) in [4.78, 5) is 23.1. The van der Waals surface area contributed by atoms with Crippen LogP contribution in [0.3, 0.4) is 0 Å². The maximum Gasteiger partial charge on any atom is 0.343 e. The number of aliphatic hydroxyl groups excluding tert-OH is 1. The van der Waals surface area contributed by atoms with Crippen LogP contribution in [0.1, 0.15) is 24.2 Å². The molecule has 0 aliphatic carbocycles. The highest BCUT2D eigenvalue weighted by Gasteiger charge is 2.17. The van der Waals surface area contributed by atoms with Gasteiger partial charge in [0.2, 0.25) is 0 Å². The molecule has 4 nitrogen and oxygen atoms in total. The predicted molar refractivity (Wildman–Crippen MR) is 74.7 cm³/mol. The molecule has 0 fully saturated rings. The smallest absolute Gasteiger partial charge is 0.343 e. The Morgan fingerprint density at radius 1 is 1.21 bits per heavy atom. The molecule has 19 heavy (non-hydrogen) atoms. The van der Waals surface area contributed by atoms with Crippen LogP contribution in [-0.2, 0) is 9.53 Å². The van der Waals surface area contributed by atoms with Gasteiger partial charge in [0.05, 0.1) is 11.1 Å². The summed E-state index contributed by atoms with van der Waals surface area (Å²) in [5.74, 6) is -1.47. The number of allylic oxidation sites excluding steroid dienone is 2. The van der Waals surface area contributed by atoms with Crippen molar-refractivity contribution in [2.75, 3.05) is 0 Å². The molecule has 1 N–H and O–H groups in total. The monoisotopic (exact) mass is 324 g/mol. The van der Waals surface area contributed by atoms with Gasteiger partial charge in [-0.2, -0.15) is 0 Å². The van der Waals surface area contributed by atoms with Gasteiger partial charge in [0, 0.05) is 4.47 Å². The first-order valence-electron chi connectivity index (χ1n) is 5.40. The Morgan fingerprint density at radius 2 is 1.74 bits per heavy atom. The molecule has 0 spiro atoms. The Labute approximate surface area is 119 Å². The van der Waals surface area contributed by atoms with Gasteiger partial charge in [0.15, 0.2) is 5.78 Å². The van der Waals surface area contributed by atoms with Gasteiger partial charge in [-0.05, 0) is 38.1 Å². The van der Waals surface area contributed by atoms with Crippen LogP contribution in [-0.4, -0.2) is 16.9 Å². The minimum Gasteiger partial charge on any atom is -0.512 e. The van der Waals surface area contributed by atoms with E-state index >= 15 is 0 Å². The Balaban J connectivity index is 2.88. The Kier molecular flexibility index (Phi) is 5.06. The highest BCUT2D eigenvalue weighted by Crippen LogP contribution is 2.17. The minimum atomic E-state index is -0.641. The molecular formula is C14H13BrO4. The second-order valence-electron chi connectivity index (χ2n) is 3.84. The van der Waals surface area contributed by atoms with E-state index in [1.165, 1.54) is 13.8 Å². The maximum absolute atomic E-state index is 11.8. The first kappa shape index (κ1) is 15.2. The number of rotatable bonds is 4. The third kappa shape index (κ3) is 4.06. The van der Waals surface area contributed by atoms with Gasteiger partial charge in [-0.15, -0.1) is 0 Å². The van der Waals surface area contributed by atoms with Crippen LogP contribution in [0.2, 0.25) is 0 Å². The standard InChI is InChI=1S/C14H13BrO4/c1-8(16)13(9(2)17)10(3)19-14(18)11-4-6-12(15)7-5-11/h4-7,16H,3H2,1-2H3/b13-8+. The number of esters is 1. The van der Waals surface area contributed by atoms with Crippen molar-refractivity contribution in [2.24, 2.45) is 0 Å². The normalized spacial score (nSPS) is 11.5. The quantitative estimate of drug-likeness (QED) is 0.398. The fraction of sp³-hybridized carbons (Fsp3) is 0.143. The Bertz CT molecular complexity index is 551. The molecule has 100 valence electrons. The molecule has 0 aliphatic rings. The third-order valence-corrected chi connectivity index (χ3v) is 2.82. The molecule has 0 aliphatic heterocycles. The second kappa shape index (κ2) is 6.33. The van der Waals surface area contributed by atoms with E-state index < -0.39 is 11.8 Å². The number of Topliss-reactive ketones (excluding diaryl/α,β-unsaturated/α-hetero) is 1. The zero-order chi connectivity index (χ0) is 14.6. The summed E-state index contributed by atoms with van der Waals surface area (Å²) in [7, 11) is 0. The van der Waals surface area contributed by atoms with Crippen LogP contribution in [0, 0.1) is 0 Å². The Hall–Kier alpha value is -1.88. The van der Waals surface area contributed by atoms with Crippen LogP contribution in [0.25, 0.3) is 0 Å². The van der Waals surface area contributed by atoms with Gasteiger partial charge in [-0.1, -0.05) is 22.5 Å². The molecule has 0 saturated carbocycles. The highest BCUT2D eigenvalue weighted by atomic mass is 79.9. The van der Waals surface area contributed by atoms with Gasteiger partial charge in [-0.25, -0.2) is 4.79 Å². The summed E-state index contributed by atoms with van der Waals surface area (Å²) in [6.07, 6.45) is 0. The predicted octanol–water partition coefficient (Wildman–Crippen LogP) is 3.54. The second-order valence-corrected chi connectivity index (χ2v) is 4.75. The van der Waals surface area contributed by atoms with Crippen LogP contribution < -0.4 is 0 Å². The van der Waals surface area contributed by atoms with Crippen LogP contribution in [0.5, 0.6) is 0 Å². The summed E-state index contributed by atoms with van der Waals surface area (Å²) < 4.78 is 5.81.